The van der Waals surface area contributed by atoms with Crippen molar-refractivity contribution in [3.05, 3.63) is 47.5 Å². The number of fused-ring (bicyclic) bond motifs is 1. The number of rotatable bonds is 5. The van der Waals surface area contributed by atoms with E-state index < -0.39 is 0 Å². The summed E-state index contributed by atoms with van der Waals surface area (Å²) in [4.78, 5) is 18.4. The summed E-state index contributed by atoms with van der Waals surface area (Å²) in [5.41, 5.74) is 4.94. The summed E-state index contributed by atoms with van der Waals surface area (Å²) < 4.78 is 0. The first-order valence-electron chi connectivity index (χ1n) is 6.63. The van der Waals surface area contributed by atoms with Gasteiger partial charge in [0, 0.05) is 27.6 Å². The molecule has 0 heterocycles. The zero-order valence-electron chi connectivity index (χ0n) is 12.1. The fourth-order valence-electron chi connectivity index (χ4n) is 2.27. The number of hydrogen-bond donors (Lipinski definition) is 1. The van der Waals surface area contributed by atoms with Crippen molar-refractivity contribution in [1.29, 1.82) is 0 Å². The highest BCUT2D eigenvalue weighted by Crippen LogP contribution is 2.24. The van der Waals surface area contributed by atoms with E-state index in [1.807, 2.05) is 19.2 Å². The van der Waals surface area contributed by atoms with Gasteiger partial charge in [-0.15, -0.1) is 0 Å². The fourth-order valence-corrected chi connectivity index (χ4v) is 2.27. The standard InChI is InChI=1S/C16H20N2O2/c1-12(19)18(3)10-14-8-4-6-13-7-5-9-15(16(13)14)11-20-17-2/h4-9,17H,10-11H2,1-3H3. The van der Waals surface area contributed by atoms with E-state index in [0.29, 0.717) is 13.2 Å². The summed E-state index contributed by atoms with van der Waals surface area (Å²) in [7, 11) is 3.56. The summed E-state index contributed by atoms with van der Waals surface area (Å²) >= 11 is 0. The van der Waals surface area contributed by atoms with E-state index in [9.17, 15) is 4.79 Å². The minimum atomic E-state index is 0.0611. The number of benzene rings is 2. The Balaban J connectivity index is 2.45. The number of carbonyl (C=O) groups is 1. The third kappa shape index (κ3) is 3.15. The predicted octanol–water partition coefficient (Wildman–Crippen LogP) is 2.47. The molecule has 0 saturated heterocycles. The maximum absolute atomic E-state index is 11.4. The van der Waals surface area contributed by atoms with Crippen LogP contribution in [0.2, 0.25) is 0 Å². The van der Waals surface area contributed by atoms with Crippen LogP contribution >= 0.6 is 0 Å². The molecular formula is C16H20N2O2. The molecule has 0 aliphatic heterocycles. The summed E-state index contributed by atoms with van der Waals surface area (Å²) in [6.07, 6.45) is 0. The number of nitrogens with one attached hydrogen (secondary N) is 1. The van der Waals surface area contributed by atoms with Crippen LogP contribution in [-0.4, -0.2) is 24.9 Å². The normalized spacial score (nSPS) is 10.8. The summed E-state index contributed by atoms with van der Waals surface area (Å²) in [6, 6.07) is 12.3. The molecule has 0 fully saturated rings. The van der Waals surface area contributed by atoms with Gasteiger partial charge in [-0.1, -0.05) is 36.4 Å². The first-order chi connectivity index (χ1) is 9.63. The second-order valence-electron chi connectivity index (χ2n) is 4.80. The summed E-state index contributed by atoms with van der Waals surface area (Å²) in [5.74, 6) is 0.0611. The Morgan fingerprint density at radius 2 is 1.85 bits per heavy atom. The largest absolute Gasteiger partial charge is 0.342 e. The quantitative estimate of drug-likeness (QED) is 0.850. The second kappa shape index (κ2) is 6.50. The Bertz CT molecular complexity index is 605. The molecule has 0 bridgehead atoms. The Kier molecular flexibility index (Phi) is 4.71. The molecule has 0 spiro atoms. The van der Waals surface area contributed by atoms with Gasteiger partial charge < -0.3 is 4.90 Å². The monoisotopic (exact) mass is 272 g/mol. The van der Waals surface area contributed by atoms with Crippen molar-refractivity contribution < 1.29 is 9.63 Å². The van der Waals surface area contributed by atoms with Gasteiger partial charge in [0.25, 0.3) is 0 Å². The Labute approximate surface area is 119 Å². The van der Waals surface area contributed by atoms with Crippen molar-refractivity contribution in [2.45, 2.75) is 20.1 Å². The molecule has 0 atom stereocenters. The van der Waals surface area contributed by atoms with Crippen LogP contribution in [0.4, 0.5) is 0 Å². The second-order valence-corrected chi connectivity index (χ2v) is 4.80. The molecule has 0 aliphatic carbocycles. The van der Waals surface area contributed by atoms with E-state index in [1.54, 1.807) is 18.9 Å². The molecule has 0 unspecified atom stereocenters. The van der Waals surface area contributed by atoms with Crippen LogP contribution in [0.5, 0.6) is 0 Å². The fraction of sp³-hybridized carbons (Fsp3) is 0.312. The van der Waals surface area contributed by atoms with Gasteiger partial charge in [0.15, 0.2) is 0 Å². The topological polar surface area (TPSA) is 41.6 Å². The maximum Gasteiger partial charge on any atom is 0.219 e. The molecule has 20 heavy (non-hydrogen) atoms. The zero-order chi connectivity index (χ0) is 14.5. The molecule has 1 amide bonds. The van der Waals surface area contributed by atoms with Gasteiger partial charge in [0.2, 0.25) is 5.91 Å². The van der Waals surface area contributed by atoms with E-state index in [2.05, 4.69) is 29.7 Å². The van der Waals surface area contributed by atoms with Crippen molar-refractivity contribution in [3.63, 3.8) is 0 Å². The van der Waals surface area contributed by atoms with E-state index in [-0.39, 0.29) is 5.91 Å². The van der Waals surface area contributed by atoms with E-state index in [0.717, 1.165) is 16.5 Å². The summed E-state index contributed by atoms with van der Waals surface area (Å²) in [5, 5.41) is 2.33. The smallest absolute Gasteiger partial charge is 0.219 e. The van der Waals surface area contributed by atoms with Crippen LogP contribution in [0.15, 0.2) is 36.4 Å². The van der Waals surface area contributed by atoms with Gasteiger partial charge >= 0.3 is 0 Å². The molecule has 106 valence electrons. The molecule has 2 rings (SSSR count). The van der Waals surface area contributed by atoms with Crippen LogP contribution in [0.1, 0.15) is 18.1 Å². The lowest BCUT2D eigenvalue weighted by molar-refractivity contribution is -0.128. The zero-order valence-corrected chi connectivity index (χ0v) is 12.1. The highest BCUT2D eigenvalue weighted by atomic mass is 16.6. The Morgan fingerprint density at radius 3 is 2.45 bits per heavy atom. The van der Waals surface area contributed by atoms with Crippen molar-refractivity contribution in [3.8, 4) is 0 Å². The average Bonchev–Trinajstić information content (AvgIpc) is 2.45. The van der Waals surface area contributed by atoms with Crippen molar-refractivity contribution in [2.75, 3.05) is 14.1 Å². The Hall–Kier alpha value is -1.91. The third-order valence-electron chi connectivity index (χ3n) is 3.39. The SMILES string of the molecule is CNOCc1cccc2cccc(CN(C)C(C)=O)c12. The minimum absolute atomic E-state index is 0.0611. The highest BCUT2D eigenvalue weighted by molar-refractivity contribution is 5.89. The molecule has 0 aromatic heterocycles. The lowest BCUT2D eigenvalue weighted by Gasteiger charge is -2.18. The van der Waals surface area contributed by atoms with Gasteiger partial charge in [-0.05, 0) is 21.9 Å². The Morgan fingerprint density at radius 1 is 1.20 bits per heavy atom. The molecule has 1 N–H and O–H groups in total. The molecule has 0 saturated carbocycles. The van der Waals surface area contributed by atoms with Crippen molar-refractivity contribution >= 4 is 16.7 Å². The van der Waals surface area contributed by atoms with Gasteiger partial charge in [0.1, 0.15) is 0 Å². The van der Waals surface area contributed by atoms with Crippen molar-refractivity contribution in [2.24, 2.45) is 0 Å². The molecule has 0 aliphatic rings. The number of hydroxylamine groups is 1. The molecule has 4 nitrogen and oxygen atoms in total. The lowest BCUT2D eigenvalue weighted by Crippen LogP contribution is -2.23. The molecule has 2 aromatic rings. The summed E-state index contributed by atoms with van der Waals surface area (Å²) in [6.45, 7) is 2.67. The van der Waals surface area contributed by atoms with Gasteiger partial charge in [0.05, 0.1) is 6.61 Å². The highest BCUT2D eigenvalue weighted by Gasteiger charge is 2.10. The lowest BCUT2D eigenvalue weighted by atomic mass is 9.99. The molecule has 4 heteroatoms. The van der Waals surface area contributed by atoms with Crippen LogP contribution < -0.4 is 5.48 Å². The first kappa shape index (κ1) is 14.5. The average molecular weight is 272 g/mol. The number of amides is 1. The molecule has 0 radical (unpaired) electrons. The van der Waals surface area contributed by atoms with Gasteiger partial charge in [-0.2, -0.15) is 0 Å². The van der Waals surface area contributed by atoms with Crippen LogP contribution in [0.3, 0.4) is 0 Å². The van der Waals surface area contributed by atoms with E-state index >= 15 is 0 Å². The van der Waals surface area contributed by atoms with Gasteiger partial charge in [-0.25, -0.2) is 5.48 Å². The molecule has 2 aromatic carbocycles. The van der Waals surface area contributed by atoms with E-state index in [4.69, 9.17) is 4.84 Å². The van der Waals surface area contributed by atoms with Gasteiger partial charge in [-0.3, -0.25) is 9.63 Å². The van der Waals surface area contributed by atoms with E-state index in [1.165, 1.54) is 5.39 Å². The number of nitrogens with zero attached hydrogens (tertiary/aromatic N) is 1. The predicted molar refractivity (Wildman–Crippen MR) is 79.9 cm³/mol. The first-order valence-corrected chi connectivity index (χ1v) is 6.63. The molecular weight excluding hydrogens is 252 g/mol. The number of carbonyl (C=O) groups excluding carboxylic acids is 1. The van der Waals surface area contributed by atoms with Crippen LogP contribution in [0.25, 0.3) is 10.8 Å². The van der Waals surface area contributed by atoms with Crippen LogP contribution in [-0.2, 0) is 22.8 Å². The van der Waals surface area contributed by atoms with Crippen LogP contribution in [0, 0.1) is 0 Å². The maximum atomic E-state index is 11.4. The third-order valence-corrected chi connectivity index (χ3v) is 3.39. The van der Waals surface area contributed by atoms with Crippen molar-refractivity contribution in [1.82, 2.24) is 10.4 Å². The minimum Gasteiger partial charge on any atom is -0.342 e. The number of hydrogen-bond acceptors (Lipinski definition) is 3.